The summed E-state index contributed by atoms with van der Waals surface area (Å²) in [5.41, 5.74) is 1.20. The largest absolute Gasteiger partial charge is 0.497 e. The number of rotatable bonds is 18. The lowest BCUT2D eigenvalue weighted by molar-refractivity contribution is -0.129. The van der Waals surface area contributed by atoms with Crippen LogP contribution in [-0.2, 0) is 37.4 Å². The number of hydrogen-bond acceptors (Lipinski definition) is 10. The zero-order valence-corrected chi connectivity index (χ0v) is 31.9. The highest BCUT2D eigenvalue weighted by molar-refractivity contribution is 7.89. The van der Waals surface area contributed by atoms with Crippen molar-refractivity contribution in [2.75, 3.05) is 32.1 Å². The fraction of sp³-hybridized carbons (Fsp3) is 0.472. The molecule has 2 heterocycles. The highest BCUT2D eigenvalue weighted by Crippen LogP contribution is 2.26. The monoisotopic (exact) mass is 756 g/mol. The van der Waals surface area contributed by atoms with E-state index in [1.54, 1.807) is 24.4 Å². The third-order valence-electron chi connectivity index (χ3n) is 8.77. The van der Waals surface area contributed by atoms with Crippen LogP contribution in [0.4, 0.5) is 9.93 Å². The fourth-order valence-corrected chi connectivity index (χ4v) is 8.31. The van der Waals surface area contributed by atoms with Gasteiger partial charge in [-0.05, 0) is 48.1 Å². The summed E-state index contributed by atoms with van der Waals surface area (Å²) in [6.45, 7) is 8.09. The Morgan fingerprint density at radius 2 is 1.73 bits per heavy atom. The molecule has 1 fully saturated rings. The molecular formula is C36H48N6O8S2. The Hall–Kier alpha value is -4.38. The van der Waals surface area contributed by atoms with Gasteiger partial charge in [0.05, 0.1) is 36.4 Å². The van der Waals surface area contributed by atoms with Crippen LogP contribution < -0.4 is 15.4 Å². The molecule has 0 unspecified atom stereocenters. The SMILES string of the molecule is CC[C@H](C)[C@@H](C(=O)N[C@@H](Cc1ccccc1)[C@H](O)CN(CC(C)C)S(=O)(=O)c1ccc(OC)cc1)N1CC(=O)N(Cc2csc(NC(C)=O)n2)C1=O. The number of methoxy groups -OCH3 is 1. The lowest BCUT2D eigenvalue weighted by Gasteiger charge is -2.34. The maximum Gasteiger partial charge on any atom is 0.328 e. The fourth-order valence-electron chi connectivity index (χ4n) is 5.94. The number of urea groups is 1. The first-order valence-corrected chi connectivity index (χ1v) is 19.5. The number of aromatic nitrogens is 1. The quantitative estimate of drug-likeness (QED) is 0.163. The molecule has 0 aliphatic carbocycles. The number of nitrogens with one attached hydrogen (secondary N) is 2. The van der Waals surface area contributed by atoms with Gasteiger partial charge in [0.2, 0.25) is 21.8 Å². The molecule has 1 aliphatic rings. The number of ether oxygens (including phenoxy) is 1. The van der Waals surface area contributed by atoms with E-state index in [0.29, 0.717) is 23.0 Å². The Labute approximate surface area is 309 Å². The van der Waals surface area contributed by atoms with E-state index in [0.717, 1.165) is 21.8 Å². The highest BCUT2D eigenvalue weighted by Gasteiger charge is 2.45. The van der Waals surface area contributed by atoms with E-state index in [4.69, 9.17) is 4.74 Å². The van der Waals surface area contributed by atoms with E-state index >= 15 is 0 Å². The number of aliphatic hydroxyl groups is 1. The summed E-state index contributed by atoms with van der Waals surface area (Å²) in [6, 6.07) is 12.5. The minimum Gasteiger partial charge on any atom is -0.497 e. The minimum absolute atomic E-state index is 0.0346. The van der Waals surface area contributed by atoms with Crippen LogP contribution in [0.5, 0.6) is 5.75 Å². The summed E-state index contributed by atoms with van der Waals surface area (Å²) in [4.78, 5) is 59.2. The molecular weight excluding hydrogens is 709 g/mol. The zero-order chi connectivity index (χ0) is 38.2. The van der Waals surface area contributed by atoms with Gasteiger partial charge in [-0.25, -0.2) is 18.2 Å². The van der Waals surface area contributed by atoms with Crippen molar-refractivity contribution in [2.45, 2.75) is 77.1 Å². The molecule has 282 valence electrons. The molecule has 1 aliphatic heterocycles. The third kappa shape index (κ3) is 10.1. The van der Waals surface area contributed by atoms with E-state index in [1.165, 1.54) is 35.4 Å². The first kappa shape index (κ1) is 40.4. The Morgan fingerprint density at radius 1 is 1.06 bits per heavy atom. The molecule has 2 aromatic carbocycles. The molecule has 0 spiro atoms. The molecule has 16 heteroatoms. The Bertz CT molecular complexity index is 1800. The summed E-state index contributed by atoms with van der Waals surface area (Å²) in [5.74, 6) is -1.35. The van der Waals surface area contributed by atoms with Crippen LogP contribution in [0.2, 0.25) is 0 Å². The molecule has 0 bridgehead atoms. The van der Waals surface area contributed by atoms with Crippen molar-refractivity contribution in [2.24, 2.45) is 11.8 Å². The number of sulfonamides is 1. The van der Waals surface area contributed by atoms with Crippen molar-refractivity contribution >= 4 is 50.2 Å². The zero-order valence-electron chi connectivity index (χ0n) is 30.3. The summed E-state index contributed by atoms with van der Waals surface area (Å²) in [5, 5.41) is 19.3. The van der Waals surface area contributed by atoms with Crippen LogP contribution >= 0.6 is 11.3 Å². The number of anilines is 1. The normalized spacial score (nSPS) is 15.9. The standard InChI is InChI=1S/C36H48N6O8S2/c1-7-24(4)33(42-21-32(45)41(36(42)47)19-27-22-51-35(38-27)37-25(5)43)34(46)39-30(17-26-11-9-8-10-12-26)31(44)20-40(18-23(2)3)52(48,49)29-15-13-28(50-6)14-16-29/h8-16,22-24,30-31,33,44H,7,17-21H2,1-6H3,(H,39,46)(H,37,38,43)/t24-,30-,31+,33-/m0/s1. The van der Waals surface area contributed by atoms with Gasteiger partial charge in [-0.3, -0.25) is 19.3 Å². The van der Waals surface area contributed by atoms with Crippen LogP contribution in [0.3, 0.4) is 0 Å². The van der Waals surface area contributed by atoms with Crippen molar-refractivity contribution in [3.05, 3.63) is 71.2 Å². The maximum absolute atomic E-state index is 14.3. The highest BCUT2D eigenvalue weighted by atomic mass is 32.2. The first-order chi connectivity index (χ1) is 24.6. The molecule has 3 N–H and O–H groups in total. The van der Waals surface area contributed by atoms with Gasteiger partial charge >= 0.3 is 6.03 Å². The number of nitrogens with zero attached hydrogens (tertiary/aromatic N) is 4. The summed E-state index contributed by atoms with van der Waals surface area (Å²) in [7, 11) is -2.58. The van der Waals surface area contributed by atoms with E-state index in [-0.39, 0.29) is 55.2 Å². The Balaban J connectivity index is 1.60. The Kier molecular flexibility index (Phi) is 13.9. The number of benzene rings is 2. The third-order valence-corrected chi connectivity index (χ3v) is 11.4. The second-order valence-corrected chi connectivity index (χ2v) is 16.1. The first-order valence-electron chi connectivity index (χ1n) is 17.1. The summed E-state index contributed by atoms with van der Waals surface area (Å²) < 4.78 is 34.2. The number of amides is 5. The van der Waals surface area contributed by atoms with E-state index in [2.05, 4.69) is 15.6 Å². The lowest BCUT2D eigenvalue weighted by Crippen LogP contribution is -2.57. The van der Waals surface area contributed by atoms with Crippen molar-refractivity contribution < 1.29 is 37.4 Å². The summed E-state index contributed by atoms with van der Waals surface area (Å²) in [6.07, 6.45) is -0.696. The molecule has 14 nitrogen and oxygen atoms in total. The van der Waals surface area contributed by atoms with Crippen LogP contribution in [0.15, 0.2) is 64.9 Å². The second kappa shape index (κ2) is 17.9. The molecule has 0 radical (unpaired) electrons. The Morgan fingerprint density at radius 3 is 2.33 bits per heavy atom. The molecule has 52 heavy (non-hydrogen) atoms. The van der Waals surface area contributed by atoms with Crippen LogP contribution in [0.25, 0.3) is 0 Å². The smallest absolute Gasteiger partial charge is 0.328 e. The van der Waals surface area contributed by atoms with Crippen molar-refractivity contribution in [1.29, 1.82) is 0 Å². The van der Waals surface area contributed by atoms with Gasteiger partial charge in [0.1, 0.15) is 18.3 Å². The number of carbonyl (C=O) groups is 4. The number of carbonyl (C=O) groups excluding carboxylic acids is 4. The predicted molar refractivity (Wildman–Crippen MR) is 197 cm³/mol. The van der Waals surface area contributed by atoms with Crippen molar-refractivity contribution in [3.63, 3.8) is 0 Å². The molecule has 4 rings (SSSR count). The van der Waals surface area contributed by atoms with E-state index < -0.39 is 46.1 Å². The molecule has 3 aromatic rings. The molecule has 4 atom stereocenters. The lowest BCUT2D eigenvalue weighted by atomic mass is 9.95. The van der Waals surface area contributed by atoms with Gasteiger partial charge in [-0.1, -0.05) is 64.4 Å². The molecule has 1 saturated heterocycles. The number of hydrogen-bond donors (Lipinski definition) is 3. The van der Waals surface area contributed by atoms with Gasteiger partial charge in [0.15, 0.2) is 5.13 Å². The molecule has 1 aromatic heterocycles. The summed E-state index contributed by atoms with van der Waals surface area (Å²) >= 11 is 1.16. The number of imide groups is 1. The number of aliphatic hydroxyl groups excluding tert-OH is 1. The van der Waals surface area contributed by atoms with Gasteiger partial charge in [0, 0.05) is 25.4 Å². The topological polar surface area (TPSA) is 179 Å². The maximum atomic E-state index is 14.3. The van der Waals surface area contributed by atoms with Crippen LogP contribution in [0, 0.1) is 11.8 Å². The minimum atomic E-state index is -4.06. The van der Waals surface area contributed by atoms with Gasteiger partial charge in [0.25, 0.3) is 5.91 Å². The second-order valence-electron chi connectivity index (χ2n) is 13.3. The molecule has 0 saturated carbocycles. The van der Waals surface area contributed by atoms with Crippen LogP contribution in [-0.4, -0.2) is 101 Å². The van der Waals surface area contributed by atoms with Crippen molar-refractivity contribution in [3.8, 4) is 5.75 Å². The predicted octanol–water partition coefficient (Wildman–Crippen LogP) is 3.72. The molecule has 5 amide bonds. The average molecular weight is 757 g/mol. The van der Waals surface area contributed by atoms with E-state index in [1.807, 2.05) is 51.1 Å². The van der Waals surface area contributed by atoms with Crippen molar-refractivity contribution in [1.82, 2.24) is 24.4 Å². The van der Waals surface area contributed by atoms with Gasteiger partial charge in [-0.2, -0.15) is 4.31 Å². The van der Waals surface area contributed by atoms with Gasteiger partial charge in [-0.15, -0.1) is 11.3 Å². The van der Waals surface area contributed by atoms with Gasteiger partial charge < -0.3 is 25.4 Å². The van der Waals surface area contributed by atoms with Crippen LogP contribution in [0.1, 0.15) is 52.3 Å². The van der Waals surface area contributed by atoms with E-state index in [9.17, 15) is 32.7 Å². The number of thiazole rings is 1. The average Bonchev–Trinajstić information content (AvgIpc) is 3.66.